The summed E-state index contributed by atoms with van der Waals surface area (Å²) < 4.78 is 40.3. The zero-order valence-corrected chi connectivity index (χ0v) is 15.3. The number of nitrogens with zero attached hydrogens (tertiary/aromatic N) is 1. The van der Waals surface area contributed by atoms with Crippen LogP contribution in [0.15, 0.2) is 46.9 Å². The van der Waals surface area contributed by atoms with Crippen LogP contribution in [0.3, 0.4) is 0 Å². The Kier molecular flexibility index (Phi) is 5.74. The highest BCUT2D eigenvalue weighted by molar-refractivity contribution is 9.10. The largest absolute Gasteiger partial charge is 0.324 e. The van der Waals surface area contributed by atoms with Crippen molar-refractivity contribution in [3.05, 3.63) is 63.9 Å². The Morgan fingerprint density at radius 3 is 2.33 bits per heavy atom. The summed E-state index contributed by atoms with van der Waals surface area (Å²) in [5.74, 6) is -1.03. The molecule has 5 nitrogen and oxygen atoms in total. The molecule has 8 heteroatoms. The van der Waals surface area contributed by atoms with Crippen LogP contribution in [0.2, 0.25) is 0 Å². The van der Waals surface area contributed by atoms with E-state index in [1.165, 1.54) is 12.1 Å². The van der Waals surface area contributed by atoms with Gasteiger partial charge in [-0.2, -0.15) is 0 Å². The standard InChI is InChI=1S/C16H16BrFN2O3S/c1-24(22,23)20(14-6-4-13(17)5-7-14)10-12-3-2-11(8-15(12)18)16(21)9-19/h2-8H,9-10,19H2,1H3. The predicted molar refractivity (Wildman–Crippen MR) is 95.0 cm³/mol. The van der Waals surface area contributed by atoms with Crippen molar-refractivity contribution < 1.29 is 17.6 Å². The number of halogens is 2. The number of hydrogen-bond acceptors (Lipinski definition) is 4. The lowest BCUT2D eigenvalue weighted by Gasteiger charge is -2.23. The van der Waals surface area contributed by atoms with Crippen LogP contribution < -0.4 is 10.0 Å². The molecule has 128 valence electrons. The molecule has 24 heavy (non-hydrogen) atoms. The number of carbonyl (C=O) groups excluding carboxylic acids is 1. The van der Waals surface area contributed by atoms with E-state index in [9.17, 15) is 17.6 Å². The third-order valence-corrected chi connectivity index (χ3v) is 5.06. The van der Waals surface area contributed by atoms with Crippen LogP contribution in [0.1, 0.15) is 15.9 Å². The number of carbonyl (C=O) groups is 1. The van der Waals surface area contributed by atoms with Crippen LogP contribution >= 0.6 is 15.9 Å². The topological polar surface area (TPSA) is 80.5 Å². The molecular formula is C16H16BrFN2O3S. The van der Waals surface area contributed by atoms with Gasteiger partial charge in [-0.3, -0.25) is 9.10 Å². The smallest absolute Gasteiger partial charge is 0.232 e. The van der Waals surface area contributed by atoms with Gasteiger partial charge in [-0.25, -0.2) is 12.8 Å². The predicted octanol–water partition coefficient (Wildman–Crippen LogP) is 2.70. The van der Waals surface area contributed by atoms with E-state index in [1.54, 1.807) is 24.3 Å². The maximum absolute atomic E-state index is 14.3. The first-order valence-corrected chi connectivity index (χ1v) is 9.61. The Balaban J connectivity index is 2.37. The van der Waals surface area contributed by atoms with Crippen molar-refractivity contribution in [2.24, 2.45) is 5.73 Å². The molecule has 0 spiro atoms. The van der Waals surface area contributed by atoms with Crippen LogP contribution in [0.25, 0.3) is 0 Å². The molecule has 0 aliphatic rings. The first-order chi connectivity index (χ1) is 11.2. The van der Waals surface area contributed by atoms with Gasteiger partial charge in [0.1, 0.15) is 5.82 Å². The van der Waals surface area contributed by atoms with E-state index >= 15 is 0 Å². The minimum Gasteiger partial charge on any atom is -0.324 e. The average Bonchev–Trinajstić information content (AvgIpc) is 2.53. The van der Waals surface area contributed by atoms with E-state index < -0.39 is 15.8 Å². The number of benzene rings is 2. The molecule has 0 saturated carbocycles. The zero-order chi connectivity index (χ0) is 17.9. The highest BCUT2D eigenvalue weighted by atomic mass is 79.9. The fourth-order valence-corrected chi connectivity index (χ4v) is 3.27. The number of sulfonamides is 1. The van der Waals surface area contributed by atoms with Gasteiger partial charge in [0.15, 0.2) is 5.78 Å². The van der Waals surface area contributed by atoms with Crippen molar-refractivity contribution in [3.63, 3.8) is 0 Å². The number of anilines is 1. The average molecular weight is 415 g/mol. The fraction of sp³-hybridized carbons (Fsp3) is 0.188. The summed E-state index contributed by atoms with van der Waals surface area (Å²) in [6.45, 7) is -0.392. The summed E-state index contributed by atoms with van der Waals surface area (Å²) in [6, 6.07) is 10.6. The maximum Gasteiger partial charge on any atom is 0.232 e. The van der Waals surface area contributed by atoms with Gasteiger partial charge in [-0.1, -0.05) is 28.1 Å². The van der Waals surface area contributed by atoms with Crippen LogP contribution in [0, 0.1) is 5.82 Å². The Morgan fingerprint density at radius 2 is 1.83 bits per heavy atom. The summed E-state index contributed by atoms with van der Waals surface area (Å²) in [5.41, 5.74) is 6.00. The Morgan fingerprint density at radius 1 is 1.21 bits per heavy atom. The Hall–Kier alpha value is -1.77. The molecule has 0 unspecified atom stereocenters. The summed E-state index contributed by atoms with van der Waals surface area (Å²) in [7, 11) is -3.61. The molecule has 0 fully saturated rings. The second-order valence-corrected chi connectivity index (χ2v) is 8.00. The molecule has 2 rings (SSSR count). The summed E-state index contributed by atoms with van der Waals surface area (Å²) in [4.78, 5) is 11.5. The van der Waals surface area contributed by atoms with E-state index in [0.717, 1.165) is 21.1 Å². The third kappa shape index (κ3) is 4.40. The SMILES string of the molecule is CS(=O)(=O)N(Cc1ccc(C(=O)CN)cc1F)c1ccc(Br)cc1. The van der Waals surface area contributed by atoms with Crippen molar-refractivity contribution in [1.82, 2.24) is 0 Å². The molecule has 0 saturated heterocycles. The van der Waals surface area contributed by atoms with Crippen LogP contribution in [0.5, 0.6) is 0 Å². The molecule has 2 aromatic carbocycles. The molecular weight excluding hydrogens is 399 g/mol. The first-order valence-electron chi connectivity index (χ1n) is 6.97. The first kappa shape index (κ1) is 18.6. The number of nitrogens with two attached hydrogens (primary N) is 1. The van der Waals surface area contributed by atoms with E-state index in [1.807, 2.05) is 0 Å². The molecule has 0 radical (unpaired) electrons. The second-order valence-electron chi connectivity index (χ2n) is 5.18. The third-order valence-electron chi connectivity index (χ3n) is 3.39. The lowest BCUT2D eigenvalue weighted by molar-refractivity contribution is 0.100. The van der Waals surface area contributed by atoms with E-state index in [-0.39, 0.29) is 30.0 Å². The Labute approximate surface area is 148 Å². The van der Waals surface area contributed by atoms with Crippen molar-refractivity contribution >= 4 is 37.4 Å². The highest BCUT2D eigenvalue weighted by Gasteiger charge is 2.20. The molecule has 0 amide bonds. The van der Waals surface area contributed by atoms with Gasteiger partial charge in [0.2, 0.25) is 10.0 Å². The maximum atomic E-state index is 14.3. The van der Waals surface area contributed by atoms with E-state index in [4.69, 9.17) is 5.73 Å². The lowest BCUT2D eigenvalue weighted by atomic mass is 10.1. The second kappa shape index (κ2) is 7.42. The summed E-state index contributed by atoms with van der Waals surface area (Å²) in [6.07, 6.45) is 1.05. The Bertz CT molecular complexity index is 854. The van der Waals surface area contributed by atoms with Crippen LogP contribution in [-0.4, -0.2) is 27.0 Å². The molecule has 2 N–H and O–H groups in total. The molecule has 0 aromatic heterocycles. The van der Waals surface area contributed by atoms with Gasteiger partial charge < -0.3 is 5.73 Å². The monoisotopic (exact) mass is 414 g/mol. The fourth-order valence-electron chi connectivity index (χ4n) is 2.13. The van der Waals surface area contributed by atoms with E-state index in [0.29, 0.717) is 5.69 Å². The molecule has 0 aliphatic heterocycles. The van der Waals surface area contributed by atoms with Gasteiger partial charge in [-0.05, 0) is 30.3 Å². The zero-order valence-electron chi connectivity index (χ0n) is 12.9. The highest BCUT2D eigenvalue weighted by Crippen LogP contribution is 2.24. The van der Waals surface area contributed by atoms with Gasteiger partial charge in [-0.15, -0.1) is 0 Å². The van der Waals surface area contributed by atoms with Crippen molar-refractivity contribution in [3.8, 4) is 0 Å². The number of ketones is 1. The minimum atomic E-state index is -3.61. The minimum absolute atomic E-state index is 0.160. The molecule has 2 aromatic rings. The van der Waals surface area contributed by atoms with Crippen LogP contribution in [-0.2, 0) is 16.6 Å². The summed E-state index contributed by atoms with van der Waals surface area (Å²) >= 11 is 3.28. The number of Topliss-reactive ketones (excluding diaryl/α,β-unsaturated/α-hetero) is 1. The molecule has 0 atom stereocenters. The van der Waals surface area contributed by atoms with Crippen molar-refractivity contribution in [2.45, 2.75) is 6.54 Å². The van der Waals surface area contributed by atoms with E-state index in [2.05, 4.69) is 15.9 Å². The van der Waals surface area contributed by atoms with Gasteiger partial charge in [0.25, 0.3) is 0 Å². The van der Waals surface area contributed by atoms with Crippen LogP contribution in [0.4, 0.5) is 10.1 Å². The number of rotatable bonds is 6. The van der Waals surface area contributed by atoms with Crippen molar-refractivity contribution in [1.29, 1.82) is 0 Å². The lowest BCUT2D eigenvalue weighted by Crippen LogP contribution is -2.29. The summed E-state index contributed by atoms with van der Waals surface area (Å²) in [5, 5.41) is 0. The van der Waals surface area contributed by atoms with Crippen molar-refractivity contribution in [2.75, 3.05) is 17.1 Å². The number of hydrogen-bond donors (Lipinski definition) is 1. The van der Waals surface area contributed by atoms with Gasteiger partial charge in [0.05, 0.1) is 25.0 Å². The van der Waals surface area contributed by atoms with Gasteiger partial charge >= 0.3 is 0 Å². The normalized spacial score (nSPS) is 11.3. The quantitative estimate of drug-likeness (QED) is 0.736. The molecule has 0 bridgehead atoms. The van der Waals surface area contributed by atoms with Gasteiger partial charge in [0, 0.05) is 15.6 Å². The molecule has 0 aliphatic carbocycles. The molecule has 0 heterocycles.